The first-order valence-electron chi connectivity index (χ1n) is 6.85. The number of nitrogens with zero attached hydrogens (tertiary/aromatic N) is 1. The summed E-state index contributed by atoms with van der Waals surface area (Å²) >= 11 is 0. The van der Waals surface area contributed by atoms with Gasteiger partial charge in [0.05, 0.1) is 17.6 Å². The lowest BCUT2D eigenvalue weighted by Crippen LogP contribution is -2.16. The third-order valence-electron chi connectivity index (χ3n) is 3.68. The van der Waals surface area contributed by atoms with E-state index in [9.17, 15) is 19.7 Å². The summed E-state index contributed by atoms with van der Waals surface area (Å²) in [6.45, 7) is 3.28. The number of methoxy groups -OCH3 is 1. The number of hydrogen-bond acceptors (Lipinski definition) is 5. The molecule has 0 aliphatic heterocycles. The van der Waals surface area contributed by atoms with Crippen molar-refractivity contribution in [2.24, 2.45) is 0 Å². The molecule has 6 heteroatoms. The lowest BCUT2D eigenvalue weighted by Gasteiger charge is -2.13. The van der Waals surface area contributed by atoms with Gasteiger partial charge in [0.2, 0.25) is 5.78 Å². The molecule has 0 atom stereocenters. The number of carbonyl (C=O) groups is 2. The molecule has 2 aromatic carbocycles. The molecule has 0 radical (unpaired) electrons. The van der Waals surface area contributed by atoms with Gasteiger partial charge in [-0.1, -0.05) is 30.3 Å². The minimum Gasteiger partial charge on any atom is -0.465 e. The SMILES string of the molecule is COC(=O)c1c(C)c(C)cc([N+](=O)[O-])c1C(=O)c1ccccc1. The maximum atomic E-state index is 12.8. The fourth-order valence-corrected chi connectivity index (χ4v) is 2.36. The molecule has 0 aliphatic carbocycles. The molecule has 2 aromatic rings. The Balaban J connectivity index is 2.83. The molecule has 2 rings (SSSR count). The van der Waals surface area contributed by atoms with E-state index in [0.29, 0.717) is 11.1 Å². The highest BCUT2D eigenvalue weighted by molar-refractivity contribution is 6.17. The second-order valence-electron chi connectivity index (χ2n) is 5.03. The van der Waals surface area contributed by atoms with Gasteiger partial charge in [0.15, 0.2) is 0 Å². The molecule has 0 spiro atoms. The summed E-state index contributed by atoms with van der Waals surface area (Å²) in [5.41, 5.74) is 0.596. The Hall–Kier alpha value is -3.02. The van der Waals surface area contributed by atoms with Gasteiger partial charge in [0.1, 0.15) is 5.56 Å². The lowest BCUT2D eigenvalue weighted by molar-refractivity contribution is -0.385. The fraction of sp³-hybridized carbons (Fsp3) is 0.176. The molecule has 0 aliphatic rings. The van der Waals surface area contributed by atoms with Crippen LogP contribution in [-0.2, 0) is 4.74 Å². The second kappa shape index (κ2) is 6.39. The molecule has 6 nitrogen and oxygen atoms in total. The maximum Gasteiger partial charge on any atom is 0.339 e. The average Bonchev–Trinajstić information content (AvgIpc) is 2.56. The molecular formula is C17H15NO5. The Morgan fingerprint density at radius 3 is 2.22 bits per heavy atom. The van der Waals surface area contributed by atoms with E-state index in [-0.39, 0.29) is 16.7 Å². The van der Waals surface area contributed by atoms with Gasteiger partial charge in [-0.2, -0.15) is 0 Å². The van der Waals surface area contributed by atoms with Crippen molar-refractivity contribution in [3.63, 3.8) is 0 Å². The molecule has 23 heavy (non-hydrogen) atoms. The van der Waals surface area contributed by atoms with Gasteiger partial charge in [-0.15, -0.1) is 0 Å². The number of benzene rings is 2. The van der Waals surface area contributed by atoms with Crippen LogP contribution >= 0.6 is 0 Å². The molecule has 0 N–H and O–H groups in total. The van der Waals surface area contributed by atoms with Gasteiger partial charge in [-0.3, -0.25) is 14.9 Å². The Bertz CT molecular complexity index is 796. The highest BCUT2D eigenvalue weighted by Gasteiger charge is 2.31. The molecule has 118 valence electrons. The third-order valence-corrected chi connectivity index (χ3v) is 3.68. The van der Waals surface area contributed by atoms with Crippen molar-refractivity contribution in [3.05, 3.63) is 74.3 Å². The zero-order valence-corrected chi connectivity index (χ0v) is 13.0. The van der Waals surface area contributed by atoms with Crippen molar-refractivity contribution < 1.29 is 19.2 Å². The Kier molecular flexibility index (Phi) is 4.55. The summed E-state index contributed by atoms with van der Waals surface area (Å²) in [5, 5.41) is 11.4. The largest absolute Gasteiger partial charge is 0.465 e. The molecule has 0 unspecified atom stereocenters. The first kappa shape index (κ1) is 16.4. The smallest absolute Gasteiger partial charge is 0.339 e. The molecular weight excluding hydrogens is 298 g/mol. The van der Waals surface area contributed by atoms with E-state index in [0.717, 1.165) is 0 Å². The fourth-order valence-electron chi connectivity index (χ4n) is 2.36. The highest BCUT2D eigenvalue weighted by Crippen LogP contribution is 2.31. The second-order valence-corrected chi connectivity index (χ2v) is 5.03. The molecule has 0 aromatic heterocycles. The van der Waals surface area contributed by atoms with Crippen molar-refractivity contribution in [1.82, 2.24) is 0 Å². The lowest BCUT2D eigenvalue weighted by atomic mass is 9.91. The van der Waals surface area contributed by atoms with E-state index in [1.807, 2.05) is 0 Å². The van der Waals surface area contributed by atoms with Gasteiger partial charge >= 0.3 is 5.97 Å². The summed E-state index contributed by atoms with van der Waals surface area (Å²) in [5.74, 6) is -1.35. The predicted molar refractivity (Wildman–Crippen MR) is 83.8 cm³/mol. The van der Waals surface area contributed by atoms with Crippen molar-refractivity contribution in [2.75, 3.05) is 7.11 Å². The van der Waals surface area contributed by atoms with Crippen LogP contribution in [-0.4, -0.2) is 23.8 Å². The summed E-state index contributed by atoms with van der Waals surface area (Å²) in [7, 11) is 1.17. The van der Waals surface area contributed by atoms with Crippen molar-refractivity contribution in [2.45, 2.75) is 13.8 Å². The number of esters is 1. The Morgan fingerprint density at radius 2 is 1.70 bits per heavy atom. The van der Waals surface area contributed by atoms with Crippen LogP contribution < -0.4 is 0 Å². The van der Waals surface area contributed by atoms with Crippen LogP contribution in [0, 0.1) is 24.0 Å². The van der Waals surface area contributed by atoms with Crippen molar-refractivity contribution in [3.8, 4) is 0 Å². The summed E-state index contributed by atoms with van der Waals surface area (Å²) in [6, 6.07) is 9.42. The van der Waals surface area contributed by atoms with Gasteiger partial charge < -0.3 is 4.74 Å². The normalized spacial score (nSPS) is 10.2. The number of ketones is 1. The number of hydrogen-bond donors (Lipinski definition) is 0. The van der Waals surface area contributed by atoms with Crippen LogP contribution in [0.15, 0.2) is 36.4 Å². The predicted octanol–water partition coefficient (Wildman–Crippen LogP) is 3.23. The number of nitro benzene ring substituents is 1. The summed E-state index contributed by atoms with van der Waals surface area (Å²) < 4.78 is 4.72. The van der Waals surface area contributed by atoms with E-state index < -0.39 is 22.4 Å². The molecule has 0 fully saturated rings. The van der Waals surface area contributed by atoms with Gasteiger partial charge in [-0.25, -0.2) is 4.79 Å². The zero-order valence-electron chi connectivity index (χ0n) is 13.0. The van der Waals surface area contributed by atoms with Crippen molar-refractivity contribution in [1.29, 1.82) is 0 Å². The highest BCUT2D eigenvalue weighted by atomic mass is 16.6. The van der Waals surface area contributed by atoms with Crippen LogP contribution in [0.4, 0.5) is 5.69 Å². The van der Waals surface area contributed by atoms with E-state index in [1.54, 1.807) is 44.2 Å². The number of carbonyl (C=O) groups excluding carboxylic acids is 2. The molecule has 0 bridgehead atoms. The van der Waals surface area contributed by atoms with Gasteiger partial charge in [-0.05, 0) is 25.0 Å². The van der Waals surface area contributed by atoms with E-state index in [2.05, 4.69) is 0 Å². The summed E-state index contributed by atoms with van der Waals surface area (Å²) in [6.07, 6.45) is 0. The van der Waals surface area contributed by atoms with Crippen LogP contribution in [0.5, 0.6) is 0 Å². The standard InChI is InChI=1S/C17H15NO5/c1-10-9-13(18(21)22)15(14(11(10)2)17(20)23-3)16(19)12-7-5-4-6-8-12/h4-9H,1-3H3. The monoisotopic (exact) mass is 313 g/mol. The number of aryl methyl sites for hydroxylation is 1. The summed E-state index contributed by atoms with van der Waals surface area (Å²) in [4.78, 5) is 35.6. The minimum atomic E-state index is -0.770. The number of rotatable bonds is 4. The molecule has 0 saturated carbocycles. The van der Waals surface area contributed by atoms with E-state index in [4.69, 9.17) is 4.74 Å². The average molecular weight is 313 g/mol. The Labute approximate surface area is 132 Å². The van der Waals surface area contributed by atoms with Crippen LogP contribution in [0.3, 0.4) is 0 Å². The Morgan fingerprint density at radius 1 is 1.09 bits per heavy atom. The van der Waals surface area contributed by atoms with E-state index in [1.165, 1.54) is 13.2 Å². The van der Waals surface area contributed by atoms with Crippen LogP contribution in [0.1, 0.15) is 37.4 Å². The topological polar surface area (TPSA) is 86.5 Å². The first-order chi connectivity index (χ1) is 10.9. The van der Waals surface area contributed by atoms with E-state index >= 15 is 0 Å². The van der Waals surface area contributed by atoms with Crippen LogP contribution in [0.25, 0.3) is 0 Å². The van der Waals surface area contributed by atoms with Crippen molar-refractivity contribution >= 4 is 17.4 Å². The van der Waals surface area contributed by atoms with Gasteiger partial charge in [0.25, 0.3) is 5.69 Å². The number of ether oxygens (including phenoxy) is 1. The quantitative estimate of drug-likeness (QED) is 0.374. The zero-order chi connectivity index (χ0) is 17.1. The van der Waals surface area contributed by atoms with Gasteiger partial charge in [0, 0.05) is 11.6 Å². The molecule has 0 saturated heterocycles. The molecule has 0 heterocycles. The minimum absolute atomic E-state index is 0.0620. The maximum absolute atomic E-state index is 12.8. The van der Waals surface area contributed by atoms with Crippen LogP contribution in [0.2, 0.25) is 0 Å². The molecule has 0 amide bonds. The number of nitro groups is 1. The first-order valence-corrected chi connectivity index (χ1v) is 6.85. The third kappa shape index (κ3) is 2.96.